The van der Waals surface area contributed by atoms with Crippen molar-refractivity contribution in [2.24, 2.45) is 0 Å². The third-order valence-electron chi connectivity index (χ3n) is 4.23. The summed E-state index contributed by atoms with van der Waals surface area (Å²) in [6.07, 6.45) is 1.65. The molecule has 0 saturated heterocycles. The number of nitrogens with one attached hydrogen (secondary N) is 1. The number of carbonyl (C=O) groups is 1. The zero-order valence-corrected chi connectivity index (χ0v) is 19.0. The molecule has 3 aromatic heterocycles. The molecule has 0 fully saturated rings. The normalized spacial score (nSPS) is 11.3. The molecule has 0 radical (unpaired) electrons. The van der Waals surface area contributed by atoms with Gasteiger partial charge in [-0.1, -0.05) is 30.0 Å². The van der Waals surface area contributed by atoms with Crippen LogP contribution in [0.15, 0.2) is 57.6 Å². The lowest BCUT2D eigenvalue weighted by Gasteiger charge is -2.13. The average molecular weight is 488 g/mol. The first-order valence-corrected chi connectivity index (χ1v) is 11.6. The molecule has 0 saturated carbocycles. The maximum Gasteiger partial charge on any atom is 0.236 e. The van der Waals surface area contributed by atoms with Crippen LogP contribution in [0.5, 0.6) is 0 Å². The van der Waals surface area contributed by atoms with E-state index in [0.29, 0.717) is 5.82 Å². The lowest BCUT2D eigenvalue weighted by Crippen LogP contribution is -2.15. The molecule has 6 nitrogen and oxygen atoms in total. The molecule has 4 rings (SSSR count). The first-order chi connectivity index (χ1) is 14.0. The van der Waals surface area contributed by atoms with Gasteiger partial charge in [0.05, 0.1) is 5.75 Å². The molecular weight excluding hydrogens is 470 g/mol. The number of fused-ring (bicyclic) bond motifs is 1. The second kappa shape index (κ2) is 8.64. The van der Waals surface area contributed by atoms with Crippen LogP contribution in [0.3, 0.4) is 0 Å². The van der Waals surface area contributed by atoms with Crippen molar-refractivity contribution in [1.82, 2.24) is 19.7 Å². The number of pyridine rings is 1. The zero-order valence-electron chi connectivity index (χ0n) is 15.8. The van der Waals surface area contributed by atoms with Gasteiger partial charge in [0.2, 0.25) is 5.91 Å². The monoisotopic (exact) mass is 487 g/mol. The summed E-state index contributed by atoms with van der Waals surface area (Å²) in [5, 5.41) is 15.6. The maximum absolute atomic E-state index is 12.3. The van der Waals surface area contributed by atoms with Crippen LogP contribution in [0.1, 0.15) is 19.9 Å². The van der Waals surface area contributed by atoms with Gasteiger partial charge in [0, 0.05) is 37.7 Å². The summed E-state index contributed by atoms with van der Waals surface area (Å²) < 4.78 is 4.17. The second-order valence-electron chi connectivity index (χ2n) is 6.61. The van der Waals surface area contributed by atoms with Gasteiger partial charge in [-0.3, -0.25) is 9.36 Å². The Morgan fingerprint density at radius 3 is 2.83 bits per heavy atom. The smallest absolute Gasteiger partial charge is 0.236 e. The Kier molecular flexibility index (Phi) is 5.98. The first kappa shape index (κ1) is 20.1. The Morgan fingerprint density at radius 1 is 1.24 bits per heavy atom. The Bertz CT molecular complexity index is 1150. The van der Waals surface area contributed by atoms with Gasteiger partial charge in [-0.15, -0.1) is 21.5 Å². The molecule has 3 heterocycles. The molecule has 0 bridgehead atoms. The van der Waals surface area contributed by atoms with Crippen LogP contribution in [0, 0.1) is 0 Å². The van der Waals surface area contributed by atoms with Crippen molar-refractivity contribution in [2.45, 2.75) is 25.0 Å². The molecule has 1 amide bonds. The van der Waals surface area contributed by atoms with Crippen molar-refractivity contribution in [3.63, 3.8) is 0 Å². The van der Waals surface area contributed by atoms with Gasteiger partial charge in [0.15, 0.2) is 11.0 Å². The number of aromatic nitrogens is 4. The second-order valence-corrected chi connectivity index (χ2v) is 9.38. The number of carbonyl (C=O) groups excluding carboxylic acids is 1. The highest BCUT2D eigenvalue weighted by Gasteiger charge is 2.20. The van der Waals surface area contributed by atoms with E-state index in [1.807, 2.05) is 18.2 Å². The minimum atomic E-state index is -0.134. The number of nitrogens with zero attached hydrogens (tertiary/aromatic N) is 4. The molecular formula is C20H18BrN5OS2. The molecule has 0 atom stereocenters. The van der Waals surface area contributed by atoms with Crippen molar-refractivity contribution < 1.29 is 4.79 Å². The van der Waals surface area contributed by atoms with E-state index in [4.69, 9.17) is 0 Å². The molecule has 0 unspecified atom stereocenters. The standard InChI is InChI=1S/C20H18BrN5OS2/c1-12(2)26-19(15-10-28-16-6-4-3-5-14(15)16)24-25-20(26)29-11-18(27)23-17-8-7-13(21)9-22-17/h3-10,12H,11H2,1-2H3,(H,22,23,27). The van der Waals surface area contributed by atoms with Crippen molar-refractivity contribution in [3.05, 3.63) is 52.4 Å². The van der Waals surface area contributed by atoms with Crippen molar-refractivity contribution in [1.29, 1.82) is 0 Å². The molecule has 9 heteroatoms. The molecule has 29 heavy (non-hydrogen) atoms. The van der Waals surface area contributed by atoms with Crippen molar-refractivity contribution >= 4 is 60.8 Å². The minimum absolute atomic E-state index is 0.134. The number of benzene rings is 1. The predicted molar refractivity (Wildman–Crippen MR) is 123 cm³/mol. The highest BCUT2D eigenvalue weighted by atomic mass is 79.9. The number of hydrogen-bond acceptors (Lipinski definition) is 6. The van der Waals surface area contributed by atoms with E-state index in [1.165, 1.54) is 21.8 Å². The molecule has 4 aromatic rings. The number of amides is 1. The van der Waals surface area contributed by atoms with E-state index < -0.39 is 0 Å². The van der Waals surface area contributed by atoms with Crippen molar-refractivity contribution in [2.75, 3.05) is 11.1 Å². The summed E-state index contributed by atoms with van der Waals surface area (Å²) in [5.74, 6) is 1.45. The summed E-state index contributed by atoms with van der Waals surface area (Å²) in [6, 6.07) is 12.0. The highest BCUT2D eigenvalue weighted by molar-refractivity contribution is 9.10. The van der Waals surface area contributed by atoms with Crippen LogP contribution >= 0.6 is 39.0 Å². The summed E-state index contributed by atoms with van der Waals surface area (Å²) >= 11 is 6.40. The fourth-order valence-electron chi connectivity index (χ4n) is 2.93. The number of hydrogen-bond donors (Lipinski definition) is 1. The Hall–Kier alpha value is -2.23. The predicted octanol–water partition coefficient (Wildman–Crippen LogP) is 5.63. The molecule has 148 valence electrons. The number of anilines is 1. The summed E-state index contributed by atoms with van der Waals surface area (Å²) in [4.78, 5) is 16.5. The van der Waals surface area contributed by atoms with Gasteiger partial charge in [0.25, 0.3) is 0 Å². The molecule has 0 aliphatic heterocycles. The maximum atomic E-state index is 12.3. The number of halogens is 1. The van der Waals surface area contributed by atoms with Crippen LogP contribution in [-0.4, -0.2) is 31.4 Å². The average Bonchev–Trinajstić information content (AvgIpc) is 3.32. The number of thioether (sulfide) groups is 1. The van der Waals surface area contributed by atoms with Gasteiger partial charge >= 0.3 is 0 Å². The van der Waals surface area contributed by atoms with Gasteiger partial charge in [0.1, 0.15) is 5.82 Å². The van der Waals surface area contributed by atoms with E-state index in [9.17, 15) is 4.79 Å². The highest BCUT2D eigenvalue weighted by Crippen LogP contribution is 2.35. The third kappa shape index (κ3) is 4.36. The van der Waals surface area contributed by atoms with Gasteiger partial charge in [-0.2, -0.15) is 0 Å². The molecule has 0 aliphatic rings. The quantitative estimate of drug-likeness (QED) is 0.356. The van der Waals surface area contributed by atoms with E-state index in [2.05, 4.69) is 72.4 Å². The molecule has 1 aromatic carbocycles. The fourth-order valence-corrected chi connectivity index (χ4v) is 4.98. The van der Waals surface area contributed by atoms with Crippen LogP contribution in [-0.2, 0) is 4.79 Å². The molecule has 0 spiro atoms. The van der Waals surface area contributed by atoms with Gasteiger partial charge in [-0.25, -0.2) is 4.98 Å². The lowest BCUT2D eigenvalue weighted by molar-refractivity contribution is -0.113. The van der Waals surface area contributed by atoms with Crippen LogP contribution in [0.25, 0.3) is 21.5 Å². The van der Waals surface area contributed by atoms with Crippen LogP contribution in [0.2, 0.25) is 0 Å². The summed E-state index contributed by atoms with van der Waals surface area (Å²) in [5.41, 5.74) is 1.07. The van der Waals surface area contributed by atoms with Crippen LogP contribution in [0.4, 0.5) is 5.82 Å². The fraction of sp³-hybridized carbons (Fsp3) is 0.200. The SMILES string of the molecule is CC(C)n1c(SCC(=O)Nc2ccc(Br)cn2)nnc1-c1csc2ccccc12. The van der Waals surface area contributed by atoms with Crippen molar-refractivity contribution in [3.8, 4) is 11.4 Å². The van der Waals surface area contributed by atoms with E-state index in [-0.39, 0.29) is 17.7 Å². The van der Waals surface area contributed by atoms with E-state index in [0.717, 1.165) is 21.0 Å². The largest absolute Gasteiger partial charge is 0.310 e. The number of rotatable bonds is 6. The molecule has 1 N–H and O–H groups in total. The zero-order chi connectivity index (χ0) is 20.4. The van der Waals surface area contributed by atoms with Crippen LogP contribution < -0.4 is 5.32 Å². The Balaban J connectivity index is 1.54. The summed E-state index contributed by atoms with van der Waals surface area (Å²) in [7, 11) is 0. The third-order valence-corrected chi connectivity index (χ3v) is 6.61. The first-order valence-electron chi connectivity index (χ1n) is 8.98. The topological polar surface area (TPSA) is 72.7 Å². The van der Waals surface area contributed by atoms with E-state index >= 15 is 0 Å². The summed E-state index contributed by atoms with van der Waals surface area (Å²) in [6.45, 7) is 4.19. The van der Waals surface area contributed by atoms with E-state index in [1.54, 1.807) is 23.6 Å². The minimum Gasteiger partial charge on any atom is -0.310 e. The molecule has 0 aliphatic carbocycles. The lowest BCUT2D eigenvalue weighted by atomic mass is 10.1. The van der Waals surface area contributed by atoms with Gasteiger partial charge < -0.3 is 5.32 Å². The number of thiophene rings is 1. The Morgan fingerprint density at radius 2 is 2.07 bits per heavy atom. The van der Waals surface area contributed by atoms with Gasteiger partial charge in [-0.05, 0) is 48.0 Å². The Labute approximate surface area is 184 Å².